The van der Waals surface area contributed by atoms with Crippen LogP contribution in [0.3, 0.4) is 0 Å². The molecule has 110 valence electrons. The minimum atomic E-state index is -0.456. The fraction of sp³-hybridized carbons (Fsp3) is 0.412. The Morgan fingerprint density at radius 3 is 2.81 bits per heavy atom. The second-order valence-electron chi connectivity index (χ2n) is 5.90. The van der Waals surface area contributed by atoms with E-state index in [0.717, 1.165) is 6.42 Å². The Morgan fingerprint density at radius 2 is 2.14 bits per heavy atom. The summed E-state index contributed by atoms with van der Waals surface area (Å²) in [7, 11) is 0. The van der Waals surface area contributed by atoms with Gasteiger partial charge in [0, 0.05) is 17.2 Å². The number of ketones is 1. The van der Waals surface area contributed by atoms with Gasteiger partial charge < -0.3 is 4.74 Å². The van der Waals surface area contributed by atoms with Crippen molar-refractivity contribution in [3.8, 4) is 0 Å². The van der Waals surface area contributed by atoms with Crippen molar-refractivity contribution < 1.29 is 14.3 Å². The molecule has 3 rings (SSSR count). The van der Waals surface area contributed by atoms with Crippen molar-refractivity contribution in [1.82, 2.24) is 0 Å². The number of rotatable bonds is 4. The summed E-state index contributed by atoms with van der Waals surface area (Å²) in [6, 6.07) is 6.87. The molecule has 1 aromatic rings. The second kappa shape index (κ2) is 5.72. The zero-order chi connectivity index (χ0) is 14.8. The summed E-state index contributed by atoms with van der Waals surface area (Å²) < 4.78 is 5.31. The number of benzene rings is 1. The van der Waals surface area contributed by atoms with E-state index in [-0.39, 0.29) is 5.78 Å². The molecule has 2 bridgehead atoms. The highest BCUT2D eigenvalue weighted by Crippen LogP contribution is 2.43. The Kier molecular flexibility index (Phi) is 3.78. The van der Waals surface area contributed by atoms with Gasteiger partial charge in [-0.05, 0) is 43.7 Å². The van der Waals surface area contributed by atoms with E-state index in [2.05, 4.69) is 17.5 Å². The van der Waals surface area contributed by atoms with Crippen molar-refractivity contribution in [2.75, 3.05) is 11.9 Å². The van der Waals surface area contributed by atoms with Crippen LogP contribution in [-0.4, -0.2) is 18.5 Å². The van der Waals surface area contributed by atoms with Gasteiger partial charge in [-0.3, -0.25) is 10.1 Å². The molecule has 0 aromatic heterocycles. The van der Waals surface area contributed by atoms with Gasteiger partial charge in [0.2, 0.25) is 0 Å². The van der Waals surface area contributed by atoms with Crippen molar-refractivity contribution in [3.63, 3.8) is 0 Å². The Labute approximate surface area is 124 Å². The average Bonchev–Trinajstić information content (AvgIpc) is 3.08. The van der Waals surface area contributed by atoms with Gasteiger partial charge in [0.05, 0.1) is 6.61 Å². The molecule has 2 aliphatic rings. The molecule has 0 saturated heterocycles. The van der Waals surface area contributed by atoms with E-state index in [9.17, 15) is 9.59 Å². The number of fused-ring (bicyclic) bond motifs is 2. The lowest BCUT2D eigenvalue weighted by atomic mass is 9.95. The number of hydrogen-bond donors (Lipinski definition) is 1. The molecule has 0 aliphatic heterocycles. The standard InChI is InChI=1S/C17H19NO3/c1-11(19)13-3-2-4-16(9-13)18-17(20)21-10-15-8-12-5-6-14(15)7-12/h2-6,9,12,14-15H,7-8,10H2,1H3,(H,18,20). The summed E-state index contributed by atoms with van der Waals surface area (Å²) in [4.78, 5) is 23.1. The Balaban J connectivity index is 1.51. The summed E-state index contributed by atoms with van der Waals surface area (Å²) in [5.74, 6) is 1.68. The third kappa shape index (κ3) is 3.15. The van der Waals surface area contributed by atoms with Crippen LogP contribution in [0.4, 0.5) is 10.5 Å². The molecule has 3 unspecified atom stereocenters. The first-order chi connectivity index (χ1) is 10.1. The van der Waals surface area contributed by atoms with Crippen LogP contribution in [0.15, 0.2) is 36.4 Å². The Hall–Kier alpha value is -2.10. The average molecular weight is 285 g/mol. The zero-order valence-corrected chi connectivity index (χ0v) is 12.0. The monoisotopic (exact) mass is 285 g/mol. The van der Waals surface area contributed by atoms with Crippen LogP contribution >= 0.6 is 0 Å². The maximum Gasteiger partial charge on any atom is 0.411 e. The van der Waals surface area contributed by atoms with Crippen LogP contribution in [0.25, 0.3) is 0 Å². The van der Waals surface area contributed by atoms with Gasteiger partial charge in [0.15, 0.2) is 5.78 Å². The summed E-state index contributed by atoms with van der Waals surface area (Å²) >= 11 is 0. The molecular formula is C17H19NO3. The molecule has 21 heavy (non-hydrogen) atoms. The number of amides is 1. The van der Waals surface area contributed by atoms with Crippen LogP contribution in [0, 0.1) is 17.8 Å². The Morgan fingerprint density at radius 1 is 1.29 bits per heavy atom. The minimum absolute atomic E-state index is 0.0271. The quantitative estimate of drug-likeness (QED) is 0.678. The first-order valence-corrected chi connectivity index (χ1v) is 7.35. The molecule has 0 radical (unpaired) electrons. The van der Waals surface area contributed by atoms with E-state index in [1.54, 1.807) is 24.3 Å². The van der Waals surface area contributed by atoms with E-state index >= 15 is 0 Å². The van der Waals surface area contributed by atoms with E-state index in [0.29, 0.717) is 35.6 Å². The minimum Gasteiger partial charge on any atom is -0.449 e. The topological polar surface area (TPSA) is 55.4 Å². The number of carbonyl (C=O) groups excluding carboxylic acids is 2. The van der Waals surface area contributed by atoms with Crippen LogP contribution in [-0.2, 0) is 4.74 Å². The van der Waals surface area contributed by atoms with Crippen molar-refractivity contribution in [3.05, 3.63) is 42.0 Å². The van der Waals surface area contributed by atoms with Gasteiger partial charge >= 0.3 is 6.09 Å². The highest BCUT2D eigenvalue weighted by Gasteiger charge is 2.36. The molecule has 0 spiro atoms. The fourth-order valence-electron chi connectivity index (χ4n) is 3.24. The van der Waals surface area contributed by atoms with E-state index < -0.39 is 6.09 Å². The molecule has 3 atom stereocenters. The molecule has 0 heterocycles. The van der Waals surface area contributed by atoms with Gasteiger partial charge in [-0.15, -0.1) is 0 Å². The number of allylic oxidation sites excluding steroid dienone is 2. The van der Waals surface area contributed by atoms with Crippen LogP contribution in [0.2, 0.25) is 0 Å². The van der Waals surface area contributed by atoms with Crippen molar-refractivity contribution in [2.45, 2.75) is 19.8 Å². The van der Waals surface area contributed by atoms with Crippen molar-refractivity contribution in [1.29, 1.82) is 0 Å². The molecular weight excluding hydrogens is 266 g/mol. The van der Waals surface area contributed by atoms with Gasteiger partial charge in [0.1, 0.15) is 0 Å². The summed E-state index contributed by atoms with van der Waals surface area (Å²) in [6.07, 6.45) is 6.39. The molecule has 2 aliphatic carbocycles. The number of anilines is 1. The lowest BCUT2D eigenvalue weighted by molar-refractivity contribution is 0.101. The van der Waals surface area contributed by atoms with E-state index in [1.165, 1.54) is 13.3 Å². The van der Waals surface area contributed by atoms with Gasteiger partial charge in [0.25, 0.3) is 0 Å². The SMILES string of the molecule is CC(=O)c1cccc(NC(=O)OCC2CC3C=CC2C3)c1. The fourth-order valence-corrected chi connectivity index (χ4v) is 3.24. The van der Waals surface area contributed by atoms with Crippen LogP contribution < -0.4 is 5.32 Å². The van der Waals surface area contributed by atoms with Crippen molar-refractivity contribution >= 4 is 17.6 Å². The highest BCUT2D eigenvalue weighted by molar-refractivity contribution is 5.96. The number of nitrogens with one attached hydrogen (secondary N) is 1. The zero-order valence-electron chi connectivity index (χ0n) is 12.0. The molecule has 1 fully saturated rings. The van der Waals surface area contributed by atoms with E-state index in [1.807, 2.05) is 0 Å². The summed E-state index contributed by atoms with van der Waals surface area (Å²) in [5.41, 5.74) is 1.16. The first-order valence-electron chi connectivity index (χ1n) is 7.35. The van der Waals surface area contributed by atoms with Gasteiger partial charge in [-0.1, -0.05) is 24.3 Å². The van der Waals surface area contributed by atoms with Crippen molar-refractivity contribution in [2.24, 2.45) is 17.8 Å². The molecule has 1 N–H and O–H groups in total. The number of ether oxygens (including phenoxy) is 1. The maximum atomic E-state index is 11.8. The lowest BCUT2D eigenvalue weighted by Gasteiger charge is -2.17. The van der Waals surface area contributed by atoms with E-state index in [4.69, 9.17) is 4.74 Å². The second-order valence-corrected chi connectivity index (χ2v) is 5.90. The lowest BCUT2D eigenvalue weighted by Crippen LogP contribution is -2.21. The number of carbonyl (C=O) groups is 2. The number of hydrogen-bond acceptors (Lipinski definition) is 3. The van der Waals surface area contributed by atoms with Crippen LogP contribution in [0.5, 0.6) is 0 Å². The predicted molar refractivity (Wildman–Crippen MR) is 80.3 cm³/mol. The van der Waals surface area contributed by atoms with Gasteiger partial charge in [-0.2, -0.15) is 0 Å². The normalized spacial score (nSPS) is 25.9. The molecule has 1 aromatic carbocycles. The maximum absolute atomic E-state index is 11.8. The van der Waals surface area contributed by atoms with Gasteiger partial charge in [-0.25, -0.2) is 4.79 Å². The molecule has 1 saturated carbocycles. The smallest absolute Gasteiger partial charge is 0.411 e. The predicted octanol–water partition coefficient (Wildman–Crippen LogP) is 3.65. The number of Topliss-reactive ketones (excluding diaryl/α,β-unsaturated/α-hetero) is 1. The largest absolute Gasteiger partial charge is 0.449 e. The van der Waals surface area contributed by atoms with Crippen LogP contribution in [0.1, 0.15) is 30.1 Å². The molecule has 4 heteroatoms. The molecule has 1 amide bonds. The summed E-state index contributed by atoms with van der Waals surface area (Å²) in [5, 5.41) is 2.67. The highest BCUT2D eigenvalue weighted by atomic mass is 16.5. The Bertz CT molecular complexity index is 593. The summed E-state index contributed by atoms with van der Waals surface area (Å²) in [6.45, 7) is 1.96. The first kappa shape index (κ1) is 13.9. The third-order valence-electron chi connectivity index (χ3n) is 4.36. The molecule has 4 nitrogen and oxygen atoms in total. The third-order valence-corrected chi connectivity index (χ3v) is 4.36.